The van der Waals surface area contributed by atoms with Crippen LogP contribution >= 0.6 is 0 Å². The van der Waals surface area contributed by atoms with Crippen LogP contribution < -0.4 is 5.43 Å². The fourth-order valence-corrected chi connectivity index (χ4v) is 2.86. The van der Waals surface area contributed by atoms with Crippen LogP contribution in [0, 0.1) is 5.82 Å². The van der Waals surface area contributed by atoms with Crippen LogP contribution in [0.4, 0.5) is 9.18 Å². The first kappa shape index (κ1) is 18.4. The highest BCUT2D eigenvalue weighted by Gasteiger charge is 2.51. The molecule has 1 atom stereocenters. The lowest BCUT2D eigenvalue weighted by molar-refractivity contribution is -0.529. The molecule has 2 heterocycles. The summed E-state index contributed by atoms with van der Waals surface area (Å²) in [5, 5.41) is 4.12. The second-order valence-corrected chi connectivity index (χ2v) is 6.44. The number of halogens is 1. The predicted octanol–water partition coefficient (Wildman–Crippen LogP) is 0.998. The number of hydrogen-bond donors (Lipinski definition) is 1. The van der Waals surface area contributed by atoms with Crippen LogP contribution in [0.5, 0.6) is 0 Å². The normalized spacial score (nSPS) is 19.7. The van der Waals surface area contributed by atoms with Crippen LogP contribution in [0.3, 0.4) is 0 Å². The topological polar surface area (TPSA) is 80.4 Å². The second-order valence-electron chi connectivity index (χ2n) is 6.44. The van der Waals surface area contributed by atoms with Gasteiger partial charge in [-0.15, -0.1) is 5.10 Å². The first-order valence-electron chi connectivity index (χ1n) is 8.26. The van der Waals surface area contributed by atoms with Crippen LogP contribution in [0.1, 0.15) is 12.5 Å². The SMILES string of the molecule is C=C(C)C[N+]1=C(N/N=C/c2ccc(F)cc2)N=C2C1C(=O)N(C)C(=O)N2C. The molecule has 3 rings (SSSR count). The van der Waals surface area contributed by atoms with Crippen LogP contribution in [0.2, 0.25) is 0 Å². The third-order valence-electron chi connectivity index (χ3n) is 4.22. The summed E-state index contributed by atoms with van der Waals surface area (Å²) < 4.78 is 14.7. The number of imide groups is 1. The number of benzene rings is 1. The largest absolute Gasteiger partial charge is 0.414 e. The Morgan fingerprint density at radius 1 is 1.33 bits per heavy atom. The Labute approximate surface area is 156 Å². The van der Waals surface area contributed by atoms with Gasteiger partial charge in [0.15, 0.2) is 0 Å². The lowest BCUT2D eigenvalue weighted by atomic mass is 10.1. The Morgan fingerprint density at radius 2 is 2.00 bits per heavy atom. The fraction of sp³-hybridized carbons (Fsp3) is 0.278. The number of hydrazone groups is 1. The number of amidine groups is 1. The maximum Gasteiger partial charge on any atom is 0.414 e. The van der Waals surface area contributed by atoms with E-state index in [2.05, 4.69) is 22.1 Å². The fourth-order valence-electron chi connectivity index (χ4n) is 2.86. The Bertz CT molecular complexity index is 903. The lowest BCUT2D eigenvalue weighted by Gasteiger charge is -2.31. The zero-order valence-corrected chi connectivity index (χ0v) is 15.3. The Balaban J connectivity index is 1.90. The first-order valence-corrected chi connectivity index (χ1v) is 8.26. The van der Waals surface area contributed by atoms with Gasteiger partial charge in [0, 0.05) is 14.1 Å². The maximum absolute atomic E-state index is 13.0. The molecule has 0 aliphatic carbocycles. The Morgan fingerprint density at radius 3 is 2.63 bits per heavy atom. The Kier molecular flexibility index (Phi) is 4.85. The van der Waals surface area contributed by atoms with Crippen molar-refractivity contribution >= 4 is 29.9 Å². The lowest BCUT2D eigenvalue weighted by Crippen LogP contribution is -2.61. The molecule has 1 saturated heterocycles. The van der Waals surface area contributed by atoms with Crippen molar-refractivity contribution in [3.63, 3.8) is 0 Å². The molecule has 1 aromatic rings. The molecule has 2 aliphatic rings. The van der Waals surface area contributed by atoms with Crippen LogP contribution in [-0.2, 0) is 4.79 Å². The molecule has 0 aromatic heterocycles. The van der Waals surface area contributed by atoms with Crippen LogP contribution in [0.15, 0.2) is 46.5 Å². The van der Waals surface area contributed by atoms with Crippen molar-refractivity contribution in [1.82, 2.24) is 15.2 Å². The van der Waals surface area contributed by atoms with Crippen LogP contribution in [0.25, 0.3) is 0 Å². The summed E-state index contributed by atoms with van der Waals surface area (Å²) in [5.74, 6) is -0.0235. The van der Waals surface area contributed by atoms with Crippen molar-refractivity contribution in [2.24, 2.45) is 10.1 Å². The molecule has 0 spiro atoms. The monoisotopic (exact) mass is 371 g/mol. The molecule has 0 saturated carbocycles. The summed E-state index contributed by atoms with van der Waals surface area (Å²) in [6, 6.07) is 4.67. The van der Waals surface area contributed by atoms with Crippen molar-refractivity contribution in [2.75, 3.05) is 20.6 Å². The van der Waals surface area contributed by atoms with Gasteiger partial charge in [-0.25, -0.2) is 13.8 Å². The number of nitrogens with zero attached hydrogens (tertiary/aromatic N) is 5. The van der Waals surface area contributed by atoms with E-state index in [-0.39, 0.29) is 11.7 Å². The number of guanidine groups is 1. The molecule has 0 bridgehead atoms. The zero-order valence-electron chi connectivity index (χ0n) is 15.3. The van der Waals surface area contributed by atoms with E-state index in [0.29, 0.717) is 23.9 Å². The van der Waals surface area contributed by atoms with Gasteiger partial charge < -0.3 is 0 Å². The number of carbonyl (C=O) groups excluding carboxylic acids is 2. The summed E-state index contributed by atoms with van der Waals surface area (Å²) in [5.41, 5.74) is 4.33. The van der Waals surface area contributed by atoms with E-state index in [0.717, 1.165) is 10.5 Å². The van der Waals surface area contributed by atoms with Gasteiger partial charge in [-0.05, 0) is 30.2 Å². The van der Waals surface area contributed by atoms with Gasteiger partial charge in [-0.2, -0.15) is 5.43 Å². The minimum atomic E-state index is -0.724. The van der Waals surface area contributed by atoms with E-state index in [4.69, 9.17) is 0 Å². The number of urea groups is 1. The van der Waals surface area contributed by atoms with E-state index in [1.165, 1.54) is 30.3 Å². The van der Waals surface area contributed by atoms with Crippen molar-refractivity contribution < 1.29 is 18.6 Å². The molecular weight excluding hydrogens is 351 g/mol. The highest BCUT2D eigenvalue weighted by atomic mass is 19.1. The van der Waals surface area contributed by atoms with Crippen LogP contribution in [-0.4, -0.2) is 71.0 Å². The van der Waals surface area contributed by atoms with Gasteiger partial charge in [0.25, 0.3) is 5.91 Å². The highest BCUT2D eigenvalue weighted by Crippen LogP contribution is 2.19. The molecule has 2 aliphatic heterocycles. The predicted molar refractivity (Wildman–Crippen MR) is 99.2 cm³/mol. The molecule has 9 heteroatoms. The van der Waals surface area contributed by atoms with Gasteiger partial charge in [-0.3, -0.25) is 14.6 Å². The molecule has 1 aromatic carbocycles. The third-order valence-corrected chi connectivity index (χ3v) is 4.22. The van der Waals surface area contributed by atoms with Crippen molar-refractivity contribution in [2.45, 2.75) is 13.0 Å². The minimum Gasteiger partial charge on any atom is -0.270 e. The average Bonchev–Trinajstić information content (AvgIpc) is 2.98. The summed E-state index contributed by atoms with van der Waals surface area (Å²) >= 11 is 0. The molecule has 0 radical (unpaired) electrons. The van der Waals surface area contributed by atoms with E-state index in [9.17, 15) is 14.0 Å². The molecule has 27 heavy (non-hydrogen) atoms. The first-order chi connectivity index (χ1) is 12.8. The number of hydrogen-bond acceptors (Lipinski definition) is 5. The minimum absolute atomic E-state index is 0.330. The van der Waals surface area contributed by atoms with Gasteiger partial charge in [0.05, 0.1) is 12.8 Å². The maximum atomic E-state index is 13.0. The smallest absolute Gasteiger partial charge is 0.270 e. The number of amides is 3. The number of carbonyl (C=O) groups is 2. The number of nitrogens with one attached hydrogen (secondary N) is 1. The van der Waals surface area contributed by atoms with Crippen molar-refractivity contribution in [3.05, 3.63) is 47.8 Å². The quantitative estimate of drug-likeness (QED) is 0.371. The number of likely N-dealkylation sites (N-methyl/N-ethyl adjacent to an activating group) is 2. The number of rotatable bonds is 4. The van der Waals surface area contributed by atoms with Gasteiger partial charge in [0.2, 0.25) is 11.9 Å². The summed E-state index contributed by atoms with van der Waals surface area (Å²) in [6.45, 7) is 6.10. The average molecular weight is 371 g/mol. The summed E-state index contributed by atoms with van der Waals surface area (Å²) in [7, 11) is 3.01. The Hall–Kier alpha value is -3.36. The standard InChI is InChI=1S/C18H19FN6O2/c1-11(2)10-25-14-15(23(3)18(27)24(4)16(14)26)21-17(25)22-20-9-12-5-7-13(19)8-6-12/h5-9,14H,1,10H2,2-4H3/p+1/b20-9+. The van der Waals surface area contributed by atoms with Crippen molar-refractivity contribution in [3.8, 4) is 0 Å². The van der Waals surface area contributed by atoms with Crippen molar-refractivity contribution in [1.29, 1.82) is 0 Å². The summed E-state index contributed by atoms with van der Waals surface area (Å²) in [4.78, 5) is 31.6. The molecule has 1 unspecified atom stereocenters. The second kappa shape index (κ2) is 7.10. The molecular formula is C18H20FN6O2+. The highest BCUT2D eigenvalue weighted by molar-refractivity contribution is 6.22. The van der Waals surface area contributed by atoms with E-state index in [1.807, 2.05) is 6.92 Å². The van der Waals surface area contributed by atoms with E-state index < -0.39 is 12.1 Å². The molecule has 8 nitrogen and oxygen atoms in total. The van der Waals surface area contributed by atoms with E-state index in [1.54, 1.807) is 23.8 Å². The number of aliphatic imine (C=N–C) groups is 1. The third kappa shape index (κ3) is 3.48. The molecule has 1 fully saturated rings. The molecule has 1 N–H and O–H groups in total. The van der Waals surface area contributed by atoms with Gasteiger partial charge >= 0.3 is 12.0 Å². The summed E-state index contributed by atoms with van der Waals surface area (Å²) in [6.07, 6.45) is 1.51. The van der Waals surface area contributed by atoms with Gasteiger partial charge in [-0.1, -0.05) is 23.7 Å². The molecule has 140 valence electrons. The van der Waals surface area contributed by atoms with E-state index >= 15 is 0 Å². The number of fused-ring (bicyclic) bond motifs is 1. The molecule has 3 amide bonds. The zero-order chi connectivity index (χ0) is 19.7. The van der Waals surface area contributed by atoms with Gasteiger partial charge in [0.1, 0.15) is 5.82 Å².